The van der Waals surface area contributed by atoms with Crippen LogP contribution in [0, 0.1) is 0 Å². The molecule has 1 amide bonds. The van der Waals surface area contributed by atoms with Crippen LogP contribution in [0.3, 0.4) is 0 Å². The van der Waals surface area contributed by atoms with E-state index in [1.807, 2.05) is 40.5 Å². The van der Waals surface area contributed by atoms with Gasteiger partial charge in [0.25, 0.3) is 5.91 Å². The number of nitrogens with zero attached hydrogens (tertiary/aromatic N) is 1. The van der Waals surface area contributed by atoms with Crippen LogP contribution in [0.2, 0.25) is 0 Å². The van der Waals surface area contributed by atoms with E-state index in [2.05, 4.69) is 5.32 Å². The Morgan fingerprint density at radius 1 is 1.12 bits per heavy atom. The Labute approximate surface area is 143 Å². The van der Waals surface area contributed by atoms with E-state index in [1.165, 1.54) is 23.5 Å². The largest absolute Gasteiger partial charge is 0.347 e. The third-order valence-electron chi connectivity index (χ3n) is 3.44. The minimum absolute atomic E-state index is 0.0470. The number of nitrogens with two attached hydrogens (primary N) is 1. The number of hydrogen-bond donors (Lipinski definition) is 2. The minimum Gasteiger partial charge on any atom is -0.347 e. The maximum Gasteiger partial charge on any atom is 0.263 e. The van der Waals surface area contributed by atoms with Crippen LogP contribution < -0.4 is 10.5 Å². The van der Waals surface area contributed by atoms with Gasteiger partial charge in [-0.25, -0.2) is 13.6 Å². The van der Waals surface area contributed by atoms with Gasteiger partial charge in [0, 0.05) is 18.9 Å². The van der Waals surface area contributed by atoms with Crippen LogP contribution in [0.15, 0.2) is 65.1 Å². The van der Waals surface area contributed by atoms with Gasteiger partial charge in [-0.3, -0.25) is 4.79 Å². The normalized spacial score (nSPS) is 11.4. The standard InChI is InChI=1S/C16H15N3O3S2/c17-24(21,22)13-5-3-12(4-6-13)11-18-16(20)15-14(7-10-23-15)19-8-1-2-9-19/h1-10H,11H2,(H,18,20)(H2,17,21,22). The molecule has 0 unspecified atom stereocenters. The minimum atomic E-state index is -3.71. The monoisotopic (exact) mass is 361 g/mol. The summed E-state index contributed by atoms with van der Waals surface area (Å²) in [6.07, 6.45) is 3.76. The Kier molecular flexibility index (Phi) is 4.52. The highest BCUT2D eigenvalue weighted by Crippen LogP contribution is 2.21. The zero-order valence-corrected chi connectivity index (χ0v) is 14.2. The molecule has 2 aromatic heterocycles. The lowest BCUT2D eigenvalue weighted by atomic mass is 10.2. The molecule has 124 valence electrons. The number of aromatic nitrogens is 1. The first kappa shape index (κ1) is 16.4. The fraction of sp³-hybridized carbons (Fsp3) is 0.0625. The van der Waals surface area contributed by atoms with Crippen molar-refractivity contribution in [3.8, 4) is 5.69 Å². The lowest BCUT2D eigenvalue weighted by Gasteiger charge is -2.07. The van der Waals surface area contributed by atoms with Crippen molar-refractivity contribution in [1.82, 2.24) is 9.88 Å². The van der Waals surface area contributed by atoms with Gasteiger partial charge in [0.15, 0.2) is 0 Å². The number of primary sulfonamides is 1. The topological polar surface area (TPSA) is 94.2 Å². The lowest BCUT2D eigenvalue weighted by molar-refractivity contribution is 0.0955. The predicted octanol–water partition coefficient (Wildman–Crippen LogP) is 2.12. The predicted molar refractivity (Wildman–Crippen MR) is 92.6 cm³/mol. The summed E-state index contributed by atoms with van der Waals surface area (Å²) in [5.74, 6) is -0.177. The zero-order chi connectivity index (χ0) is 17.2. The quantitative estimate of drug-likeness (QED) is 0.729. The van der Waals surface area contributed by atoms with Crippen molar-refractivity contribution >= 4 is 27.3 Å². The summed E-state index contributed by atoms with van der Waals surface area (Å²) in [4.78, 5) is 13.1. The Balaban J connectivity index is 1.70. The molecule has 6 nitrogen and oxygen atoms in total. The van der Waals surface area contributed by atoms with E-state index in [4.69, 9.17) is 5.14 Å². The van der Waals surface area contributed by atoms with Gasteiger partial charge < -0.3 is 9.88 Å². The van der Waals surface area contributed by atoms with E-state index in [-0.39, 0.29) is 10.8 Å². The molecule has 0 bridgehead atoms. The van der Waals surface area contributed by atoms with Crippen molar-refractivity contribution in [3.05, 3.63) is 70.7 Å². The first-order chi connectivity index (χ1) is 11.4. The number of sulfonamides is 1. The first-order valence-corrected chi connectivity index (χ1v) is 9.48. The number of amides is 1. The maximum absolute atomic E-state index is 12.4. The summed E-state index contributed by atoms with van der Waals surface area (Å²) in [6.45, 7) is 0.298. The van der Waals surface area contributed by atoms with Crippen LogP contribution in [0.5, 0.6) is 0 Å². The van der Waals surface area contributed by atoms with Gasteiger partial charge in [0.05, 0.1) is 10.6 Å². The van der Waals surface area contributed by atoms with Crippen molar-refractivity contribution < 1.29 is 13.2 Å². The fourth-order valence-corrected chi connectivity index (χ4v) is 3.55. The molecule has 0 saturated heterocycles. The molecule has 0 fully saturated rings. The second-order valence-electron chi connectivity index (χ2n) is 5.10. The average Bonchev–Trinajstić information content (AvgIpc) is 3.22. The van der Waals surface area contributed by atoms with Crippen molar-refractivity contribution in [2.45, 2.75) is 11.4 Å². The van der Waals surface area contributed by atoms with E-state index in [0.717, 1.165) is 11.3 Å². The smallest absolute Gasteiger partial charge is 0.263 e. The highest BCUT2D eigenvalue weighted by molar-refractivity contribution is 7.89. The molecule has 0 aliphatic carbocycles. The van der Waals surface area contributed by atoms with Crippen LogP contribution in [-0.2, 0) is 16.6 Å². The molecule has 0 spiro atoms. The van der Waals surface area contributed by atoms with Gasteiger partial charge in [-0.05, 0) is 41.3 Å². The van der Waals surface area contributed by atoms with Crippen molar-refractivity contribution in [3.63, 3.8) is 0 Å². The lowest BCUT2D eigenvalue weighted by Crippen LogP contribution is -2.23. The van der Waals surface area contributed by atoms with Gasteiger partial charge in [0.1, 0.15) is 4.88 Å². The van der Waals surface area contributed by atoms with Crippen molar-refractivity contribution in [2.75, 3.05) is 0 Å². The van der Waals surface area contributed by atoms with Gasteiger partial charge in [0.2, 0.25) is 10.0 Å². The van der Waals surface area contributed by atoms with Crippen LogP contribution >= 0.6 is 11.3 Å². The second-order valence-corrected chi connectivity index (χ2v) is 7.57. The van der Waals surface area contributed by atoms with Crippen LogP contribution in [-0.4, -0.2) is 18.9 Å². The van der Waals surface area contributed by atoms with Gasteiger partial charge >= 0.3 is 0 Å². The molecular weight excluding hydrogens is 346 g/mol. The third-order valence-corrected chi connectivity index (χ3v) is 5.27. The number of carbonyl (C=O) groups is 1. The average molecular weight is 361 g/mol. The molecule has 3 aromatic rings. The Bertz CT molecular complexity index is 943. The third kappa shape index (κ3) is 3.56. The number of benzene rings is 1. The number of rotatable bonds is 5. The summed E-state index contributed by atoms with van der Waals surface area (Å²) in [7, 11) is -3.71. The summed E-state index contributed by atoms with van der Waals surface area (Å²) in [5, 5.41) is 9.76. The summed E-state index contributed by atoms with van der Waals surface area (Å²) < 4.78 is 24.3. The van der Waals surface area contributed by atoms with Crippen LogP contribution in [0.1, 0.15) is 15.2 Å². The molecule has 3 rings (SSSR count). The van der Waals surface area contributed by atoms with Crippen LogP contribution in [0.25, 0.3) is 5.69 Å². The fourth-order valence-electron chi connectivity index (χ4n) is 2.23. The second kappa shape index (κ2) is 6.60. The summed E-state index contributed by atoms with van der Waals surface area (Å²) >= 11 is 1.37. The number of nitrogens with one attached hydrogen (secondary N) is 1. The molecule has 0 radical (unpaired) electrons. The summed E-state index contributed by atoms with van der Waals surface area (Å²) in [5.41, 5.74) is 1.61. The van der Waals surface area contributed by atoms with Crippen LogP contribution in [0.4, 0.5) is 0 Å². The molecule has 0 saturated carbocycles. The maximum atomic E-state index is 12.4. The molecule has 2 heterocycles. The number of hydrogen-bond acceptors (Lipinski definition) is 4. The van der Waals surface area contributed by atoms with E-state index in [1.54, 1.807) is 12.1 Å². The van der Waals surface area contributed by atoms with Gasteiger partial charge in [-0.1, -0.05) is 12.1 Å². The highest BCUT2D eigenvalue weighted by atomic mass is 32.2. The Morgan fingerprint density at radius 2 is 1.79 bits per heavy atom. The molecule has 8 heteroatoms. The van der Waals surface area contributed by atoms with E-state index in [9.17, 15) is 13.2 Å². The Morgan fingerprint density at radius 3 is 2.42 bits per heavy atom. The highest BCUT2D eigenvalue weighted by Gasteiger charge is 2.14. The molecule has 0 atom stereocenters. The van der Waals surface area contributed by atoms with Crippen molar-refractivity contribution in [2.24, 2.45) is 5.14 Å². The molecule has 24 heavy (non-hydrogen) atoms. The SMILES string of the molecule is NS(=O)(=O)c1ccc(CNC(=O)c2sccc2-n2cccc2)cc1. The Hall–Kier alpha value is -2.42. The van der Waals surface area contributed by atoms with Gasteiger partial charge in [-0.2, -0.15) is 0 Å². The molecule has 1 aromatic carbocycles. The van der Waals surface area contributed by atoms with Crippen molar-refractivity contribution in [1.29, 1.82) is 0 Å². The summed E-state index contributed by atoms with van der Waals surface area (Å²) in [6, 6.07) is 11.8. The zero-order valence-electron chi connectivity index (χ0n) is 12.5. The molecule has 0 aliphatic rings. The molecular formula is C16H15N3O3S2. The van der Waals surface area contributed by atoms with E-state index in [0.29, 0.717) is 11.4 Å². The number of carbonyl (C=O) groups excluding carboxylic acids is 1. The van der Waals surface area contributed by atoms with Gasteiger partial charge in [-0.15, -0.1) is 11.3 Å². The molecule has 0 aliphatic heterocycles. The van der Waals surface area contributed by atoms with E-state index >= 15 is 0 Å². The van der Waals surface area contributed by atoms with E-state index < -0.39 is 10.0 Å². The first-order valence-electron chi connectivity index (χ1n) is 7.06. The molecule has 3 N–H and O–H groups in total. The number of thiophene rings is 1.